The Hall–Kier alpha value is -2.95. The van der Waals surface area contributed by atoms with Crippen LogP contribution in [-0.4, -0.2) is 48.0 Å². The van der Waals surface area contributed by atoms with E-state index in [4.69, 9.17) is 18.9 Å². The summed E-state index contributed by atoms with van der Waals surface area (Å²) in [7, 11) is 2.92. The summed E-state index contributed by atoms with van der Waals surface area (Å²) in [6.45, 7) is 6.68. The van der Waals surface area contributed by atoms with Gasteiger partial charge in [0.1, 0.15) is 23.0 Å². The van der Waals surface area contributed by atoms with E-state index in [9.17, 15) is 14.7 Å². The Morgan fingerprint density at radius 2 is 1.87 bits per heavy atom. The number of hydrogen-bond acceptors (Lipinski definition) is 7. The van der Waals surface area contributed by atoms with Crippen molar-refractivity contribution in [3.05, 3.63) is 59.2 Å². The van der Waals surface area contributed by atoms with E-state index in [1.807, 2.05) is 6.07 Å². The minimum absolute atomic E-state index is 0.0980. The van der Waals surface area contributed by atoms with Crippen molar-refractivity contribution in [3.8, 4) is 23.0 Å². The normalized spacial score (nSPS) is 16.0. The Morgan fingerprint density at radius 1 is 1.18 bits per heavy atom. The number of phenols is 1. The minimum Gasteiger partial charge on any atom is -0.507 e. The fourth-order valence-corrected chi connectivity index (χ4v) is 5.32. The molecule has 1 aliphatic rings. The Labute approximate surface area is 244 Å². The Bertz CT molecular complexity index is 1180. The summed E-state index contributed by atoms with van der Waals surface area (Å²) >= 11 is 2.32. The number of fused-ring (bicyclic) bond motifs is 1. The van der Waals surface area contributed by atoms with Gasteiger partial charge < -0.3 is 29.4 Å². The Morgan fingerprint density at radius 3 is 2.51 bits per heavy atom. The molecule has 39 heavy (non-hydrogen) atoms. The van der Waals surface area contributed by atoms with Gasteiger partial charge in [0, 0.05) is 37.4 Å². The van der Waals surface area contributed by atoms with Crippen LogP contribution in [0, 0.1) is 0 Å². The van der Waals surface area contributed by atoms with E-state index in [0.29, 0.717) is 50.2 Å². The number of carbonyl (C=O) groups is 2. The first-order chi connectivity index (χ1) is 18.8. The van der Waals surface area contributed by atoms with Gasteiger partial charge in [0.2, 0.25) is 0 Å². The van der Waals surface area contributed by atoms with Gasteiger partial charge in [-0.15, -0.1) is 6.58 Å². The molecule has 0 bridgehead atoms. The van der Waals surface area contributed by atoms with E-state index in [2.05, 4.69) is 47.5 Å². The molecular weight excluding hydrogens is 613 g/mol. The van der Waals surface area contributed by atoms with Crippen LogP contribution in [0.4, 0.5) is 0 Å². The molecule has 0 aliphatic carbocycles. The maximum absolute atomic E-state index is 12.0. The van der Waals surface area contributed by atoms with Crippen molar-refractivity contribution < 1.29 is 33.6 Å². The number of rotatable bonds is 14. The lowest BCUT2D eigenvalue weighted by Gasteiger charge is -2.35. The van der Waals surface area contributed by atoms with Crippen molar-refractivity contribution in [1.29, 1.82) is 0 Å². The number of methoxy groups -OCH3 is 1. The molecule has 8 nitrogen and oxygen atoms in total. The number of amides is 1. The third-order valence-electron chi connectivity index (χ3n) is 6.65. The van der Waals surface area contributed by atoms with Gasteiger partial charge in [0.25, 0.3) is 5.91 Å². The topological polar surface area (TPSA) is 103 Å². The molecule has 9 heteroatoms. The predicted octanol–water partition coefficient (Wildman–Crippen LogP) is 5.69. The fraction of sp³-hybridized carbons (Fsp3) is 0.467. The van der Waals surface area contributed by atoms with Gasteiger partial charge in [0.15, 0.2) is 3.61 Å². The van der Waals surface area contributed by atoms with Crippen LogP contribution in [0.5, 0.6) is 23.0 Å². The third kappa shape index (κ3) is 7.80. The molecule has 0 aromatic heterocycles. The molecule has 1 aliphatic heterocycles. The first-order valence-corrected chi connectivity index (χ1v) is 14.4. The van der Waals surface area contributed by atoms with Crippen LogP contribution in [0.15, 0.2) is 36.9 Å². The molecule has 212 valence electrons. The molecule has 1 atom stereocenters. The summed E-state index contributed by atoms with van der Waals surface area (Å²) in [5, 5.41) is 13.1. The molecule has 1 amide bonds. The summed E-state index contributed by atoms with van der Waals surface area (Å²) in [4.78, 5) is 23.7. The smallest absolute Gasteiger partial charge is 0.305 e. The molecule has 0 fully saturated rings. The van der Waals surface area contributed by atoms with E-state index in [1.54, 1.807) is 18.2 Å². The number of alkyl halides is 1. The second kappa shape index (κ2) is 14.4. The van der Waals surface area contributed by atoms with Crippen LogP contribution in [0.2, 0.25) is 0 Å². The molecule has 1 unspecified atom stereocenters. The van der Waals surface area contributed by atoms with Crippen molar-refractivity contribution in [3.63, 3.8) is 0 Å². The molecule has 1 heterocycles. The van der Waals surface area contributed by atoms with Crippen LogP contribution >= 0.6 is 22.6 Å². The zero-order chi connectivity index (χ0) is 28.4. The molecule has 0 spiro atoms. The zero-order valence-electron chi connectivity index (χ0n) is 22.9. The molecule has 2 N–H and O–H groups in total. The van der Waals surface area contributed by atoms with Crippen LogP contribution < -0.4 is 19.5 Å². The summed E-state index contributed by atoms with van der Waals surface area (Å²) in [6.07, 6.45) is 7.01. The average molecular weight is 652 g/mol. The van der Waals surface area contributed by atoms with E-state index in [1.165, 1.54) is 14.2 Å². The van der Waals surface area contributed by atoms with E-state index < -0.39 is 3.61 Å². The molecule has 2 aromatic rings. The van der Waals surface area contributed by atoms with Gasteiger partial charge in [-0.3, -0.25) is 9.59 Å². The van der Waals surface area contributed by atoms with Crippen LogP contribution in [0.1, 0.15) is 66.1 Å². The lowest BCUT2D eigenvalue weighted by atomic mass is 9.95. The number of phenolic OH excluding ortho intramolecular Hbond substituents is 1. The maximum Gasteiger partial charge on any atom is 0.305 e. The third-order valence-corrected chi connectivity index (χ3v) is 7.94. The number of allylic oxidation sites excluding steroid dienone is 1. The number of aromatic hydroxyl groups is 1. The second-order valence-corrected chi connectivity index (χ2v) is 11.4. The molecule has 0 saturated carbocycles. The lowest BCUT2D eigenvalue weighted by Crippen LogP contribution is -2.34. The number of aryl methyl sites for hydroxylation is 1. The molecule has 0 saturated heterocycles. The van der Waals surface area contributed by atoms with E-state index in [0.717, 1.165) is 48.3 Å². The molecule has 3 rings (SSSR count). The van der Waals surface area contributed by atoms with Gasteiger partial charge in [-0.1, -0.05) is 25.5 Å². The van der Waals surface area contributed by atoms with Gasteiger partial charge in [-0.05, 0) is 65.6 Å². The average Bonchev–Trinajstić information content (AvgIpc) is 2.94. The largest absolute Gasteiger partial charge is 0.507 e. The zero-order valence-corrected chi connectivity index (χ0v) is 25.1. The SMILES string of the molecule is C=CCc1c(OCCCOc2ccc3c(c2CCC)OC(I)(CCC(=O)OC)CC3)ccc(C(=O)NC)c1O. The summed E-state index contributed by atoms with van der Waals surface area (Å²) in [5.74, 6) is 1.49. The number of carbonyl (C=O) groups excluding carboxylic acids is 2. The molecule has 0 radical (unpaired) electrons. The number of ether oxygens (including phenoxy) is 4. The number of nitrogens with one attached hydrogen (secondary N) is 1. The Balaban J connectivity index is 1.65. The van der Waals surface area contributed by atoms with Gasteiger partial charge in [-0.25, -0.2) is 0 Å². The quantitative estimate of drug-likeness (QED) is 0.0890. The van der Waals surface area contributed by atoms with Crippen molar-refractivity contribution in [2.75, 3.05) is 27.4 Å². The van der Waals surface area contributed by atoms with E-state index >= 15 is 0 Å². The molecule has 2 aromatic carbocycles. The fourth-order valence-electron chi connectivity index (χ4n) is 4.56. The minimum atomic E-state index is -0.462. The lowest BCUT2D eigenvalue weighted by molar-refractivity contribution is -0.141. The van der Waals surface area contributed by atoms with Gasteiger partial charge >= 0.3 is 5.97 Å². The number of benzene rings is 2. The van der Waals surface area contributed by atoms with Crippen molar-refractivity contribution >= 4 is 34.5 Å². The van der Waals surface area contributed by atoms with Crippen molar-refractivity contribution in [2.24, 2.45) is 0 Å². The first-order valence-electron chi connectivity index (χ1n) is 13.3. The van der Waals surface area contributed by atoms with Crippen LogP contribution in [0.25, 0.3) is 0 Å². The summed E-state index contributed by atoms with van der Waals surface area (Å²) in [6, 6.07) is 7.32. The number of halogens is 1. The van der Waals surface area contributed by atoms with Gasteiger partial charge in [-0.2, -0.15) is 0 Å². The summed E-state index contributed by atoms with van der Waals surface area (Å²) < 4.78 is 23.0. The summed E-state index contributed by atoms with van der Waals surface area (Å²) in [5.41, 5.74) is 2.94. The highest BCUT2D eigenvalue weighted by molar-refractivity contribution is 14.1. The van der Waals surface area contributed by atoms with Crippen molar-refractivity contribution in [2.45, 2.75) is 61.9 Å². The molecular formula is C30H38INO7. The van der Waals surface area contributed by atoms with Gasteiger partial charge in [0.05, 0.1) is 32.3 Å². The second-order valence-electron chi connectivity index (χ2n) is 9.40. The maximum atomic E-state index is 12.0. The number of esters is 1. The van der Waals surface area contributed by atoms with Crippen LogP contribution in [-0.2, 0) is 28.8 Å². The van der Waals surface area contributed by atoms with Crippen LogP contribution in [0.3, 0.4) is 0 Å². The highest BCUT2D eigenvalue weighted by Crippen LogP contribution is 2.45. The highest BCUT2D eigenvalue weighted by atomic mass is 127. The number of hydrogen-bond donors (Lipinski definition) is 2. The Kier molecular flexibility index (Phi) is 11.3. The first kappa shape index (κ1) is 30.6. The predicted molar refractivity (Wildman–Crippen MR) is 158 cm³/mol. The van der Waals surface area contributed by atoms with Crippen molar-refractivity contribution in [1.82, 2.24) is 5.32 Å². The monoisotopic (exact) mass is 651 g/mol. The standard InChI is InChI=1S/C30H38INO7/c1-5-8-21-24(13-11-23(27(21)34)29(35)32-3)37-18-7-19-38-25-12-10-20-14-16-30(31,17-15-26(33)36-4)39-28(20)22(25)9-6-2/h5,10-13,34H,1,6-9,14-19H2,2-4H3,(H,32,35). The van der Waals surface area contributed by atoms with E-state index in [-0.39, 0.29) is 23.2 Å². The highest BCUT2D eigenvalue weighted by Gasteiger charge is 2.35.